The number of aromatic nitrogens is 4. The summed E-state index contributed by atoms with van der Waals surface area (Å²) < 4.78 is 34.0. The molecule has 10 nitrogen and oxygen atoms in total. The number of aromatic amines is 1. The number of morpholine rings is 1. The van der Waals surface area contributed by atoms with Crippen LogP contribution >= 0.6 is 11.3 Å². The lowest BCUT2D eigenvalue weighted by molar-refractivity contribution is 0.0705. The van der Waals surface area contributed by atoms with Gasteiger partial charge in [-0.05, 0) is 39.8 Å². The number of ether oxygens (including phenoxy) is 1. The van der Waals surface area contributed by atoms with Crippen molar-refractivity contribution >= 4 is 48.3 Å². The number of thiophene rings is 1. The molecule has 0 saturated carbocycles. The first kappa shape index (κ1) is 26.6. The van der Waals surface area contributed by atoms with E-state index < -0.39 is 15.3 Å². The molecule has 4 aromatic rings. The summed E-state index contributed by atoms with van der Waals surface area (Å²) in [4.78, 5) is 16.1. The van der Waals surface area contributed by atoms with Crippen LogP contribution in [0, 0.1) is 0 Å². The maximum Gasteiger partial charge on any atom is 0.216 e. The molecule has 2 atom stereocenters. The number of benzene rings is 1. The van der Waals surface area contributed by atoms with Crippen molar-refractivity contribution in [3.05, 3.63) is 35.3 Å². The summed E-state index contributed by atoms with van der Waals surface area (Å²) in [6.45, 7) is 12.4. The molecule has 6 rings (SSSR count). The van der Waals surface area contributed by atoms with Gasteiger partial charge in [-0.1, -0.05) is 12.1 Å². The van der Waals surface area contributed by atoms with Crippen LogP contribution in [0.1, 0.15) is 32.6 Å². The van der Waals surface area contributed by atoms with Crippen LogP contribution in [-0.4, -0.2) is 94.5 Å². The molecule has 0 amide bonds. The average Bonchev–Trinajstić information content (AvgIpc) is 3.57. The van der Waals surface area contributed by atoms with Crippen LogP contribution in [0.25, 0.3) is 32.5 Å². The number of anilines is 1. The van der Waals surface area contributed by atoms with Gasteiger partial charge in [0.05, 0.1) is 40.4 Å². The van der Waals surface area contributed by atoms with E-state index in [9.17, 15) is 8.42 Å². The Morgan fingerprint density at radius 3 is 2.59 bits per heavy atom. The number of hydrogen-bond acceptors (Lipinski definition) is 9. The molecule has 1 aromatic carbocycles. The average molecular weight is 570 g/mol. The van der Waals surface area contributed by atoms with Crippen molar-refractivity contribution in [2.24, 2.45) is 0 Å². The third kappa shape index (κ3) is 4.93. The van der Waals surface area contributed by atoms with Crippen molar-refractivity contribution in [1.29, 1.82) is 0 Å². The molecule has 2 aliphatic heterocycles. The van der Waals surface area contributed by atoms with E-state index in [2.05, 4.69) is 39.9 Å². The minimum atomic E-state index is -3.27. The van der Waals surface area contributed by atoms with Crippen LogP contribution in [0.2, 0.25) is 0 Å². The predicted molar refractivity (Wildman–Crippen MR) is 156 cm³/mol. The molecular formula is C27H35N7O3S2. The zero-order valence-corrected chi connectivity index (χ0v) is 24.4. The van der Waals surface area contributed by atoms with Crippen LogP contribution in [0.15, 0.2) is 30.5 Å². The number of hydrogen-bond donors (Lipinski definition) is 1. The number of H-pyrrole nitrogens is 1. The minimum Gasteiger partial charge on any atom is -0.378 e. The molecule has 39 heavy (non-hydrogen) atoms. The molecular weight excluding hydrogens is 534 g/mol. The number of fused-ring (bicyclic) bond motifs is 2. The summed E-state index contributed by atoms with van der Waals surface area (Å²) in [6.07, 6.45) is 1.83. The highest BCUT2D eigenvalue weighted by molar-refractivity contribution is 7.89. The molecule has 208 valence electrons. The molecule has 2 fully saturated rings. The van der Waals surface area contributed by atoms with Crippen LogP contribution in [0.5, 0.6) is 0 Å². The normalized spacial score (nSPS) is 21.9. The minimum absolute atomic E-state index is 0.103. The summed E-state index contributed by atoms with van der Waals surface area (Å²) in [5, 5.41) is 7.85. The second-order valence-corrected chi connectivity index (χ2v) is 14.4. The molecule has 3 aromatic heterocycles. The van der Waals surface area contributed by atoms with E-state index in [0.29, 0.717) is 32.1 Å². The topological polar surface area (TPSA) is 108 Å². The predicted octanol–water partition coefficient (Wildman–Crippen LogP) is 3.70. The number of rotatable bonds is 6. The van der Waals surface area contributed by atoms with Crippen LogP contribution in [0.4, 0.5) is 5.82 Å². The molecule has 0 radical (unpaired) electrons. The molecule has 5 heterocycles. The lowest BCUT2D eigenvalue weighted by Crippen LogP contribution is -2.58. The van der Waals surface area contributed by atoms with Gasteiger partial charge in [-0.15, -0.1) is 11.3 Å². The van der Waals surface area contributed by atoms with E-state index in [1.807, 2.05) is 24.4 Å². The van der Waals surface area contributed by atoms with E-state index in [-0.39, 0.29) is 12.1 Å². The fraction of sp³-hybridized carbons (Fsp3) is 0.519. The zero-order valence-electron chi connectivity index (χ0n) is 22.8. The van der Waals surface area contributed by atoms with Crippen LogP contribution in [-0.2, 0) is 21.3 Å². The van der Waals surface area contributed by atoms with E-state index >= 15 is 0 Å². The van der Waals surface area contributed by atoms with Gasteiger partial charge in [0.1, 0.15) is 0 Å². The Labute approximate surface area is 233 Å². The number of nitrogens with one attached hydrogen (secondary N) is 1. The third-order valence-electron chi connectivity index (χ3n) is 7.80. The van der Waals surface area contributed by atoms with E-state index in [1.165, 1.54) is 4.88 Å². The molecule has 2 aliphatic rings. The Kier molecular flexibility index (Phi) is 7.09. The van der Waals surface area contributed by atoms with E-state index in [1.54, 1.807) is 29.5 Å². The van der Waals surface area contributed by atoms with Gasteiger partial charge in [0, 0.05) is 60.6 Å². The van der Waals surface area contributed by atoms with Gasteiger partial charge in [0.25, 0.3) is 0 Å². The summed E-state index contributed by atoms with van der Waals surface area (Å²) in [5.41, 5.74) is 2.84. The Bertz CT molecular complexity index is 1580. The Morgan fingerprint density at radius 2 is 1.87 bits per heavy atom. The van der Waals surface area contributed by atoms with Crippen molar-refractivity contribution in [1.82, 2.24) is 29.4 Å². The Morgan fingerprint density at radius 1 is 1.13 bits per heavy atom. The van der Waals surface area contributed by atoms with Gasteiger partial charge in [-0.2, -0.15) is 9.40 Å². The lowest BCUT2D eigenvalue weighted by Gasteiger charge is -2.44. The van der Waals surface area contributed by atoms with Gasteiger partial charge in [0.2, 0.25) is 10.0 Å². The van der Waals surface area contributed by atoms with E-state index in [4.69, 9.17) is 14.7 Å². The van der Waals surface area contributed by atoms with Gasteiger partial charge < -0.3 is 9.64 Å². The first-order chi connectivity index (χ1) is 18.7. The smallest absolute Gasteiger partial charge is 0.216 e. The Balaban J connectivity index is 1.35. The van der Waals surface area contributed by atoms with Crippen molar-refractivity contribution in [2.45, 2.75) is 51.6 Å². The molecule has 0 unspecified atom stereocenters. The van der Waals surface area contributed by atoms with Crippen molar-refractivity contribution in [3.63, 3.8) is 0 Å². The van der Waals surface area contributed by atoms with Gasteiger partial charge in [-0.25, -0.2) is 18.4 Å². The van der Waals surface area contributed by atoms with Crippen LogP contribution < -0.4 is 4.90 Å². The highest BCUT2D eigenvalue weighted by Crippen LogP contribution is 2.37. The summed E-state index contributed by atoms with van der Waals surface area (Å²) in [5.74, 6) is 1.64. The monoisotopic (exact) mass is 569 g/mol. The SMILES string of the molecule is CC(C)S(=O)(=O)N1C[C@@H](C)N(Cc2cc3nc(-c4cccc5[nH]ncc45)nc(N4CCOCC4)c3s2)[C@@H](C)C1. The number of piperazine rings is 1. The highest BCUT2D eigenvalue weighted by atomic mass is 32.2. The largest absolute Gasteiger partial charge is 0.378 e. The molecule has 12 heteroatoms. The second kappa shape index (κ2) is 10.4. The quantitative estimate of drug-likeness (QED) is 0.375. The zero-order chi connectivity index (χ0) is 27.3. The van der Waals surface area contributed by atoms with Gasteiger partial charge in [-0.3, -0.25) is 10.00 Å². The summed E-state index contributed by atoms with van der Waals surface area (Å²) in [7, 11) is -3.27. The van der Waals surface area contributed by atoms with E-state index in [0.717, 1.165) is 52.1 Å². The first-order valence-electron chi connectivity index (χ1n) is 13.5. The number of nitrogens with zero attached hydrogens (tertiary/aromatic N) is 6. The third-order valence-corrected chi connectivity index (χ3v) is 11.1. The Hall–Kier alpha value is -2.64. The second-order valence-electron chi connectivity index (χ2n) is 10.8. The maximum atomic E-state index is 12.8. The fourth-order valence-electron chi connectivity index (χ4n) is 5.62. The van der Waals surface area contributed by atoms with Crippen molar-refractivity contribution in [2.75, 3.05) is 44.3 Å². The molecule has 0 bridgehead atoms. The highest BCUT2D eigenvalue weighted by Gasteiger charge is 2.36. The molecule has 0 spiro atoms. The molecule has 1 N–H and O–H groups in total. The fourth-order valence-corrected chi connectivity index (χ4v) is 8.19. The number of sulfonamides is 1. The van der Waals surface area contributed by atoms with Crippen molar-refractivity contribution < 1.29 is 13.2 Å². The standard InChI is InChI=1S/C27H35N7O3S2/c1-17(2)39(35,36)33-14-18(3)34(19(4)15-33)16-20-12-24-25(38-20)27(32-8-10-37-11-9-32)30-26(29-24)21-6-5-7-23-22(21)13-28-31-23/h5-7,12-13,17-19H,8-11,14-16H2,1-4H3,(H,28,31)/t18-,19+. The first-order valence-corrected chi connectivity index (χ1v) is 15.8. The van der Waals surface area contributed by atoms with Crippen LogP contribution in [0.3, 0.4) is 0 Å². The van der Waals surface area contributed by atoms with Gasteiger partial charge in [0.15, 0.2) is 11.6 Å². The summed E-state index contributed by atoms with van der Waals surface area (Å²) >= 11 is 1.74. The summed E-state index contributed by atoms with van der Waals surface area (Å²) in [6, 6.07) is 8.44. The van der Waals surface area contributed by atoms with Crippen molar-refractivity contribution in [3.8, 4) is 11.4 Å². The maximum absolute atomic E-state index is 12.8. The lowest BCUT2D eigenvalue weighted by atomic mass is 10.1. The molecule has 2 saturated heterocycles. The van der Waals surface area contributed by atoms with Gasteiger partial charge >= 0.3 is 0 Å². The molecule has 0 aliphatic carbocycles.